The second-order valence-electron chi connectivity index (χ2n) is 2.67. The fraction of sp³-hybridized carbons (Fsp3) is 0.143. The van der Waals surface area contributed by atoms with Crippen molar-refractivity contribution in [1.29, 1.82) is 0 Å². The Kier molecular flexibility index (Phi) is 6.08. The average molecular weight is 599 g/mol. The van der Waals surface area contributed by atoms with E-state index in [0.717, 1.165) is 5.17 Å². The van der Waals surface area contributed by atoms with Crippen molar-refractivity contribution in [3.05, 3.63) is 31.7 Å². The number of allylic oxidation sites excluding steroid dienone is 1. The van der Waals surface area contributed by atoms with Crippen molar-refractivity contribution >= 4 is 96.7 Å². The standard InChI is InChI=1S/C7H3Cl2I3N2O2/c8-5-4(14(15)16)2-13(6(5)9)1-3(10)7(11)12/h2H,1H2. The minimum absolute atomic E-state index is 0.0145. The van der Waals surface area contributed by atoms with Gasteiger partial charge in [0.1, 0.15) is 5.15 Å². The maximum atomic E-state index is 10.6. The number of rotatable bonds is 3. The summed E-state index contributed by atoms with van der Waals surface area (Å²) in [4.78, 5) is 10.1. The smallest absolute Gasteiger partial charge is 0.307 e. The van der Waals surface area contributed by atoms with Gasteiger partial charge >= 0.3 is 5.69 Å². The molecule has 88 valence electrons. The highest BCUT2D eigenvalue weighted by molar-refractivity contribution is 14.2. The SMILES string of the molecule is O=[N+]([O-])c1cn(CC(I)=C(I)I)c(Cl)c1Cl. The van der Waals surface area contributed by atoms with E-state index in [9.17, 15) is 10.1 Å². The van der Waals surface area contributed by atoms with Crippen LogP contribution in [0, 0.1) is 10.1 Å². The lowest BCUT2D eigenvalue weighted by atomic mass is 10.5. The van der Waals surface area contributed by atoms with Crippen LogP contribution in [0.4, 0.5) is 5.69 Å². The van der Waals surface area contributed by atoms with Crippen molar-refractivity contribution in [2.24, 2.45) is 0 Å². The quantitative estimate of drug-likeness (QED) is 0.274. The predicted molar refractivity (Wildman–Crippen MR) is 90.2 cm³/mol. The zero-order valence-corrected chi connectivity index (χ0v) is 15.4. The lowest BCUT2D eigenvalue weighted by Crippen LogP contribution is -1.96. The molecule has 1 aromatic heterocycles. The van der Waals surface area contributed by atoms with Crippen molar-refractivity contribution in [2.75, 3.05) is 0 Å². The first kappa shape index (κ1) is 15.2. The molecule has 0 atom stereocenters. The third kappa shape index (κ3) is 3.59. The van der Waals surface area contributed by atoms with Gasteiger partial charge < -0.3 is 4.57 Å². The zero-order chi connectivity index (χ0) is 12.5. The fourth-order valence-corrected chi connectivity index (χ4v) is 2.08. The van der Waals surface area contributed by atoms with Gasteiger partial charge in [0.25, 0.3) is 0 Å². The van der Waals surface area contributed by atoms with Crippen molar-refractivity contribution in [1.82, 2.24) is 4.57 Å². The molecule has 0 N–H and O–H groups in total. The number of hydrogen-bond acceptors (Lipinski definition) is 2. The summed E-state index contributed by atoms with van der Waals surface area (Å²) in [5.74, 6) is 0. The first-order valence-electron chi connectivity index (χ1n) is 3.72. The van der Waals surface area contributed by atoms with Crippen molar-refractivity contribution in [3.8, 4) is 0 Å². The molecule has 9 heteroatoms. The molecule has 0 amide bonds. The van der Waals surface area contributed by atoms with E-state index in [1.54, 1.807) is 4.57 Å². The van der Waals surface area contributed by atoms with Gasteiger partial charge in [0.2, 0.25) is 0 Å². The summed E-state index contributed by atoms with van der Waals surface area (Å²) in [6.45, 7) is 0.480. The van der Waals surface area contributed by atoms with Gasteiger partial charge in [-0.3, -0.25) is 10.1 Å². The van der Waals surface area contributed by atoms with Crippen LogP contribution in [0.2, 0.25) is 10.2 Å². The Bertz CT molecular complexity index is 468. The molecular formula is C7H3Cl2I3N2O2. The zero-order valence-electron chi connectivity index (χ0n) is 7.39. The molecule has 0 saturated carbocycles. The Morgan fingerprint density at radius 3 is 2.38 bits per heavy atom. The first-order chi connectivity index (χ1) is 7.34. The van der Waals surface area contributed by atoms with Gasteiger partial charge in [0.15, 0.2) is 5.02 Å². The molecule has 0 fully saturated rings. The summed E-state index contributed by atoms with van der Waals surface area (Å²) in [6.07, 6.45) is 1.35. The molecule has 0 aliphatic rings. The Balaban J connectivity index is 3.13. The Labute approximate surface area is 142 Å². The highest BCUT2D eigenvalue weighted by Crippen LogP contribution is 2.35. The van der Waals surface area contributed by atoms with E-state index in [2.05, 4.69) is 67.8 Å². The molecule has 1 heterocycles. The third-order valence-electron chi connectivity index (χ3n) is 1.65. The van der Waals surface area contributed by atoms with Gasteiger partial charge in [-0.15, -0.1) is 0 Å². The summed E-state index contributed by atoms with van der Waals surface area (Å²) < 4.78 is 3.68. The molecule has 1 rings (SSSR count). The number of nitrogens with zero attached hydrogens (tertiary/aromatic N) is 2. The van der Waals surface area contributed by atoms with Crippen LogP contribution in [-0.4, -0.2) is 9.49 Å². The summed E-state index contributed by atoms with van der Waals surface area (Å²) in [6, 6.07) is 0. The van der Waals surface area contributed by atoms with Crippen LogP contribution >= 0.6 is 91.0 Å². The minimum atomic E-state index is -0.545. The van der Waals surface area contributed by atoms with Gasteiger partial charge in [-0.25, -0.2) is 0 Å². The van der Waals surface area contributed by atoms with Crippen molar-refractivity contribution < 1.29 is 4.92 Å². The predicted octanol–water partition coefficient (Wildman–Crippen LogP) is 5.18. The summed E-state index contributed by atoms with van der Waals surface area (Å²) in [5, 5.41) is 10.8. The van der Waals surface area contributed by atoms with Gasteiger partial charge in [0, 0.05) is 3.58 Å². The molecule has 0 unspecified atom stereocenters. The van der Waals surface area contributed by atoms with Crippen LogP contribution in [0.3, 0.4) is 0 Å². The largest absolute Gasteiger partial charge is 0.326 e. The maximum absolute atomic E-state index is 10.6. The molecule has 0 bridgehead atoms. The fourth-order valence-electron chi connectivity index (χ4n) is 0.944. The van der Waals surface area contributed by atoms with E-state index in [1.807, 2.05) is 0 Å². The van der Waals surface area contributed by atoms with E-state index < -0.39 is 4.92 Å². The van der Waals surface area contributed by atoms with Crippen LogP contribution in [0.5, 0.6) is 0 Å². The minimum Gasteiger partial charge on any atom is -0.326 e. The van der Waals surface area contributed by atoms with E-state index in [1.165, 1.54) is 6.20 Å². The Morgan fingerprint density at radius 1 is 1.44 bits per heavy atom. The number of aromatic nitrogens is 1. The second kappa shape index (κ2) is 6.38. The summed E-state index contributed by atoms with van der Waals surface area (Å²) >= 11 is 18.2. The molecule has 1 aromatic rings. The van der Waals surface area contributed by atoms with Crippen LogP contribution in [0.1, 0.15) is 0 Å². The van der Waals surface area contributed by atoms with E-state index in [-0.39, 0.29) is 15.9 Å². The first-order valence-corrected chi connectivity index (χ1v) is 7.72. The molecule has 0 aliphatic carbocycles. The topological polar surface area (TPSA) is 48.1 Å². The lowest BCUT2D eigenvalue weighted by Gasteiger charge is -2.03. The van der Waals surface area contributed by atoms with E-state index >= 15 is 0 Å². The molecule has 16 heavy (non-hydrogen) atoms. The normalized spacial score (nSPS) is 10.3. The molecule has 0 spiro atoms. The van der Waals surface area contributed by atoms with Gasteiger partial charge in [-0.05, 0) is 67.8 Å². The molecule has 0 saturated heterocycles. The summed E-state index contributed by atoms with van der Waals surface area (Å²) in [7, 11) is 0. The lowest BCUT2D eigenvalue weighted by molar-refractivity contribution is -0.384. The Morgan fingerprint density at radius 2 is 2.00 bits per heavy atom. The van der Waals surface area contributed by atoms with Crippen LogP contribution < -0.4 is 0 Å². The third-order valence-corrected chi connectivity index (χ3v) is 6.77. The van der Waals surface area contributed by atoms with Crippen LogP contribution in [0.25, 0.3) is 0 Å². The molecule has 0 aromatic carbocycles. The average Bonchev–Trinajstić information content (AvgIpc) is 2.46. The number of hydrogen-bond donors (Lipinski definition) is 0. The van der Waals surface area contributed by atoms with Crippen LogP contribution in [-0.2, 0) is 6.54 Å². The number of nitro groups is 1. The monoisotopic (exact) mass is 598 g/mol. The van der Waals surface area contributed by atoms with Gasteiger partial charge in [-0.1, -0.05) is 23.2 Å². The Hall–Kier alpha value is 1.19. The summed E-state index contributed by atoms with van der Waals surface area (Å²) in [5.41, 5.74) is -0.167. The molecular weight excluding hydrogens is 596 g/mol. The molecule has 0 aliphatic heterocycles. The van der Waals surface area contributed by atoms with E-state index in [0.29, 0.717) is 6.54 Å². The van der Waals surface area contributed by atoms with Gasteiger partial charge in [-0.2, -0.15) is 0 Å². The number of halogens is 5. The maximum Gasteiger partial charge on any atom is 0.307 e. The second-order valence-corrected chi connectivity index (χ2v) is 8.93. The van der Waals surface area contributed by atoms with Gasteiger partial charge in [0.05, 0.1) is 19.3 Å². The highest BCUT2D eigenvalue weighted by atomic mass is 127. The molecule has 0 radical (unpaired) electrons. The van der Waals surface area contributed by atoms with E-state index in [4.69, 9.17) is 23.2 Å². The highest BCUT2D eigenvalue weighted by Gasteiger charge is 2.21. The van der Waals surface area contributed by atoms with Crippen molar-refractivity contribution in [3.63, 3.8) is 0 Å². The van der Waals surface area contributed by atoms with Crippen molar-refractivity contribution in [2.45, 2.75) is 6.54 Å². The molecule has 4 nitrogen and oxygen atoms in total. The van der Waals surface area contributed by atoms with Crippen LogP contribution in [0.15, 0.2) is 11.4 Å².